The minimum Gasteiger partial charge on any atom is -0.388 e. The molecule has 0 unspecified atom stereocenters. The first-order valence-electron chi connectivity index (χ1n) is 6.97. The zero-order chi connectivity index (χ0) is 14.6. The minimum atomic E-state index is -0.810. The average Bonchev–Trinajstić information content (AvgIpc) is 3.21. The third-order valence-electron chi connectivity index (χ3n) is 3.62. The number of hydrogen-bond donors (Lipinski definition) is 2. The van der Waals surface area contributed by atoms with Crippen molar-refractivity contribution in [3.63, 3.8) is 0 Å². The fraction of sp³-hybridized carbons (Fsp3) is 0.833. The van der Waals surface area contributed by atoms with Crippen molar-refractivity contribution >= 4 is 17.7 Å². The fourth-order valence-electron chi connectivity index (χ4n) is 1.77. The van der Waals surface area contributed by atoms with E-state index in [9.17, 15) is 9.90 Å². The monoisotopic (exact) mass is 299 g/mol. The predicted molar refractivity (Wildman–Crippen MR) is 75.4 cm³/mol. The zero-order valence-electron chi connectivity index (χ0n) is 11.9. The Morgan fingerprint density at radius 3 is 2.80 bits per heavy atom. The second-order valence-corrected chi connectivity index (χ2v) is 6.08. The van der Waals surface area contributed by atoms with Gasteiger partial charge in [0.05, 0.1) is 17.4 Å². The van der Waals surface area contributed by atoms with Crippen molar-refractivity contribution in [1.29, 1.82) is 0 Å². The molecule has 0 aromatic carbocycles. The molecule has 1 saturated carbocycles. The number of carbonyl (C=O) groups excluding carboxylic acids is 1. The van der Waals surface area contributed by atoms with E-state index in [0.717, 1.165) is 12.8 Å². The molecule has 1 fully saturated rings. The van der Waals surface area contributed by atoms with Crippen molar-refractivity contribution in [2.24, 2.45) is 0 Å². The molecule has 2 rings (SSSR count). The predicted octanol–water partition coefficient (Wildman–Crippen LogP) is 0.767. The fourth-order valence-corrected chi connectivity index (χ4v) is 2.55. The highest BCUT2D eigenvalue weighted by Gasteiger charge is 2.28. The van der Waals surface area contributed by atoms with Crippen LogP contribution in [-0.4, -0.2) is 49.1 Å². The van der Waals surface area contributed by atoms with E-state index < -0.39 is 5.60 Å². The molecule has 0 bridgehead atoms. The Kier molecular flexibility index (Phi) is 4.98. The second-order valence-electron chi connectivity index (χ2n) is 5.13. The van der Waals surface area contributed by atoms with Crippen molar-refractivity contribution in [1.82, 2.24) is 25.5 Å². The van der Waals surface area contributed by atoms with E-state index in [4.69, 9.17) is 0 Å². The molecule has 7 nitrogen and oxygen atoms in total. The molecule has 0 saturated heterocycles. The van der Waals surface area contributed by atoms with E-state index in [-0.39, 0.29) is 18.2 Å². The summed E-state index contributed by atoms with van der Waals surface area (Å²) in [5.74, 6) is 0.150. The number of nitrogens with zero attached hydrogens (tertiary/aromatic N) is 4. The molecule has 1 amide bonds. The van der Waals surface area contributed by atoms with Gasteiger partial charge < -0.3 is 10.4 Å². The first-order valence-corrected chi connectivity index (χ1v) is 7.96. The summed E-state index contributed by atoms with van der Waals surface area (Å²) < 4.78 is 1.78. The lowest BCUT2D eigenvalue weighted by Gasteiger charge is -2.25. The first-order chi connectivity index (χ1) is 9.58. The average molecular weight is 299 g/mol. The van der Waals surface area contributed by atoms with Crippen LogP contribution in [0.15, 0.2) is 5.16 Å². The highest BCUT2D eigenvalue weighted by molar-refractivity contribution is 7.99. The van der Waals surface area contributed by atoms with Crippen LogP contribution in [0.1, 0.15) is 45.6 Å². The molecule has 20 heavy (non-hydrogen) atoms. The van der Waals surface area contributed by atoms with Crippen LogP contribution in [0.5, 0.6) is 0 Å². The Hall–Kier alpha value is -1.15. The van der Waals surface area contributed by atoms with Crippen molar-refractivity contribution in [2.75, 3.05) is 12.3 Å². The van der Waals surface area contributed by atoms with Crippen LogP contribution in [0, 0.1) is 0 Å². The van der Waals surface area contributed by atoms with Gasteiger partial charge in [0, 0.05) is 6.54 Å². The van der Waals surface area contributed by atoms with Gasteiger partial charge in [-0.25, -0.2) is 4.68 Å². The van der Waals surface area contributed by atoms with Gasteiger partial charge in [-0.05, 0) is 36.1 Å². The number of amides is 1. The number of tetrazole rings is 1. The van der Waals surface area contributed by atoms with Crippen molar-refractivity contribution < 1.29 is 9.90 Å². The molecule has 112 valence electrons. The lowest BCUT2D eigenvalue weighted by atomic mass is 9.98. The third-order valence-corrected chi connectivity index (χ3v) is 4.55. The lowest BCUT2D eigenvalue weighted by molar-refractivity contribution is -0.119. The van der Waals surface area contributed by atoms with Gasteiger partial charge in [-0.2, -0.15) is 0 Å². The smallest absolute Gasteiger partial charge is 0.230 e. The molecular formula is C12H21N5O2S. The minimum absolute atomic E-state index is 0.110. The molecule has 2 N–H and O–H groups in total. The third kappa shape index (κ3) is 3.92. The Morgan fingerprint density at radius 1 is 1.50 bits per heavy atom. The van der Waals surface area contributed by atoms with Crippen LogP contribution in [0.25, 0.3) is 0 Å². The van der Waals surface area contributed by atoms with Crippen LogP contribution in [-0.2, 0) is 4.79 Å². The van der Waals surface area contributed by atoms with Crippen LogP contribution in [0.3, 0.4) is 0 Å². The zero-order valence-corrected chi connectivity index (χ0v) is 12.7. The van der Waals surface area contributed by atoms with Gasteiger partial charge in [0.15, 0.2) is 0 Å². The van der Waals surface area contributed by atoms with E-state index in [1.165, 1.54) is 11.8 Å². The van der Waals surface area contributed by atoms with Crippen LogP contribution >= 0.6 is 11.8 Å². The van der Waals surface area contributed by atoms with Gasteiger partial charge in [0.1, 0.15) is 0 Å². The SMILES string of the molecule is CCC(O)(CC)CNC(=O)CSc1nnnn1C1CC1. The molecule has 0 radical (unpaired) electrons. The highest BCUT2D eigenvalue weighted by Crippen LogP contribution is 2.36. The summed E-state index contributed by atoms with van der Waals surface area (Å²) in [6.07, 6.45) is 3.45. The molecule has 1 aromatic heterocycles. The Bertz CT molecular complexity index is 456. The first kappa shape index (κ1) is 15.2. The van der Waals surface area contributed by atoms with Crippen molar-refractivity contribution in [3.05, 3.63) is 0 Å². The standard InChI is InChI=1S/C12H21N5O2S/c1-3-12(19,4-2)8-13-10(18)7-20-11-14-15-16-17(11)9-5-6-9/h9,19H,3-8H2,1-2H3,(H,13,18). The topological polar surface area (TPSA) is 92.9 Å². The number of nitrogens with one attached hydrogen (secondary N) is 1. The van der Waals surface area contributed by atoms with E-state index >= 15 is 0 Å². The van der Waals surface area contributed by atoms with Gasteiger partial charge in [-0.3, -0.25) is 4.79 Å². The molecule has 1 aliphatic carbocycles. The Morgan fingerprint density at radius 2 is 2.20 bits per heavy atom. The summed E-state index contributed by atoms with van der Waals surface area (Å²) in [6, 6.07) is 0.404. The van der Waals surface area contributed by atoms with Crippen LogP contribution in [0.4, 0.5) is 0 Å². The quantitative estimate of drug-likeness (QED) is 0.689. The summed E-state index contributed by atoms with van der Waals surface area (Å²) in [5.41, 5.74) is -0.810. The van der Waals surface area contributed by atoms with E-state index in [0.29, 0.717) is 24.0 Å². The van der Waals surface area contributed by atoms with Gasteiger partial charge >= 0.3 is 0 Å². The Balaban J connectivity index is 1.76. The van der Waals surface area contributed by atoms with Crippen LogP contribution < -0.4 is 5.32 Å². The van der Waals surface area contributed by atoms with Crippen LogP contribution in [0.2, 0.25) is 0 Å². The molecule has 0 spiro atoms. The summed E-state index contributed by atoms with van der Waals surface area (Å²) >= 11 is 1.33. The van der Waals surface area contributed by atoms with E-state index in [2.05, 4.69) is 20.8 Å². The summed E-state index contributed by atoms with van der Waals surface area (Å²) in [4.78, 5) is 11.8. The maximum Gasteiger partial charge on any atom is 0.230 e. The molecule has 1 heterocycles. The second kappa shape index (κ2) is 6.53. The molecule has 1 aromatic rings. The Labute approximate surface area is 122 Å². The number of aliphatic hydroxyl groups is 1. The van der Waals surface area contributed by atoms with E-state index in [1.807, 2.05) is 13.8 Å². The number of thioether (sulfide) groups is 1. The van der Waals surface area contributed by atoms with Crippen molar-refractivity contribution in [2.45, 2.75) is 56.3 Å². The molecular weight excluding hydrogens is 278 g/mol. The number of rotatable bonds is 8. The lowest BCUT2D eigenvalue weighted by Crippen LogP contribution is -2.42. The number of aromatic nitrogens is 4. The van der Waals surface area contributed by atoms with Crippen molar-refractivity contribution in [3.8, 4) is 0 Å². The normalized spacial score (nSPS) is 15.3. The largest absolute Gasteiger partial charge is 0.388 e. The maximum absolute atomic E-state index is 11.8. The van der Waals surface area contributed by atoms with E-state index in [1.54, 1.807) is 4.68 Å². The van der Waals surface area contributed by atoms with Gasteiger partial charge in [-0.15, -0.1) is 5.10 Å². The number of carbonyl (C=O) groups is 1. The van der Waals surface area contributed by atoms with Gasteiger partial charge in [0.25, 0.3) is 0 Å². The van der Waals surface area contributed by atoms with Gasteiger partial charge in [-0.1, -0.05) is 25.6 Å². The maximum atomic E-state index is 11.8. The van der Waals surface area contributed by atoms with Gasteiger partial charge in [0.2, 0.25) is 11.1 Å². The molecule has 0 atom stereocenters. The summed E-state index contributed by atoms with van der Waals surface area (Å²) in [5, 5.41) is 25.0. The molecule has 8 heteroatoms. The molecule has 0 aliphatic heterocycles. The summed E-state index contributed by atoms with van der Waals surface area (Å²) in [6.45, 7) is 4.11. The summed E-state index contributed by atoms with van der Waals surface area (Å²) in [7, 11) is 0. The highest BCUT2D eigenvalue weighted by atomic mass is 32.2. The molecule has 1 aliphatic rings. The number of hydrogen-bond acceptors (Lipinski definition) is 6.